The number of benzene rings is 2. The number of nitrogens with zero attached hydrogens (tertiary/aromatic N) is 2. The third kappa shape index (κ3) is 5.42. The smallest absolute Gasteiger partial charge is 0.307 e. The van der Waals surface area contributed by atoms with Gasteiger partial charge in [0, 0.05) is 22.6 Å². The minimum Gasteiger partial charge on any atom is -0.497 e. The van der Waals surface area contributed by atoms with Gasteiger partial charge in [0.2, 0.25) is 17.5 Å². The van der Waals surface area contributed by atoms with E-state index in [1.54, 1.807) is 55.6 Å². The third-order valence-corrected chi connectivity index (χ3v) is 4.42. The number of halogens is 1. The van der Waals surface area contributed by atoms with Crippen molar-refractivity contribution in [3.05, 3.63) is 65.0 Å². The van der Waals surface area contributed by atoms with E-state index in [0.717, 1.165) is 5.56 Å². The van der Waals surface area contributed by atoms with Gasteiger partial charge < -0.3 is 14.0 Å². The lowest BCUT2D eigenvalue weighted by molar-refractivity contribution is -0.146. The molecule has 1 aromatic heterocycles. The number of aromatic nitrogens is 2. The number of rotatable bonds is 8. The second-order valence-electron chi connectivity index (χ2n) is 6.24. The van der Waals surface area contributed by atoms with Crippen molar-refractivity contribution in [2.75, 3.05) is 7.11 Å². The van der Waals surface area contributed by atoms with Gasteiger partial charge in [-0.25, -0.2) is 0 Å². The first-order valence-electron chi connectivity index (χ1n) is 8.92. The van der Waals surface area contributed by atoms with Gasteiger partial charge in [0.25, 0.3) is 0 Å². The number of hydrogen-bond acceptors (Lipinski definition) is 7. The molecule has 0 unspecified atom stereocenters. The van der Waals surface area contributed by atoms with Gasteiger partial charge in [0.05, 0.1) is 13.5 Å². The molecule has 0 fully saturated rings. The van der Waals surface area contributed by atoms with Gasteiger partial charge in [-0.05, 0) is 55.5 Å². The maximum atomic E-state index is 12.4. The van der Waals surface area contributed by atoms with Gasteiger partial charge in [0.15, 0.2) is 6.10 Å². The Bertz CT molecular complexity index is 983. The SMILES string of the molecule is COc1ccc(C(=O)[C@H](C)OC(=O)CCc2nc(-c3ccc(Cl)cc3)no2)cc1. The molecule has 3 aromatic rings. The Labute approximate surface area is 172 Å². The molecule has 7 nitrogen and oxygen atoms in total. The van der Waals surface area contributed by atoms with E-state index >= 15 is 0 Å². The van der Waals surface area contributed by atoms with Crippen LogP contribution in [0.3, 0.4) is 0 Å². The van der Waals surface area contributed by atoms with Crippen LogP contribution >= 0.6 is 11.6 Å². The predicted octanol–water partition coefficient (Wildman–Crippen LogP) is 4.15. The van der Waals surface area contributed by atoms with Crippen LogP contribution in [0.1, 0.15) is 29.6 Å². The van der Waals surface area contributed by atoms with E-state index in [1.165, 1.54) is 6.92 Å². The van der Waals surface area contributed by atoms with Crippen molar-refractivity contribution < 1.29 is 23.6 Å². The Hall–Kier alpha value is -3.19. The number of ketones is 1. The van der Waals surface area contributed by atoms with Crippen LogP contribution in [0.25, 0.3) is 11.4 Å². The Morgan fingerprint density at radius 2 is 1.79 bits per heavy atom. The van der Waals surface area contributed by atoms with E-state index in [1.807, 2.05) is 0 Å². The molecule has 0 radical (unpaired) electrons. The average molecular weight is 415 g/mol. The summed E-state index contributed by atoms with van der Waals surface area (Å²) in [6.07, 6.45) is -0.672. The van der Waals surface area contributed by atoms with Gasteiger partial charge in [0.1, 0.15) is 5.75 Å². The molecule has 0 bridgehead atoms. The van der Waals surface area contributed by atoms with Crippen LogP contribution in [0, 0.1) is 0 Å². The number of hydrogen-bond donors (Lipinski definition) is 0. The molecule has 0 aliphatic heterocycles. The summed E-state index contributed by atoms with van der Waals surface area (Å²) < 4.78 is 15.4. The molecule has 8 heteroatoms. The van der Waals surface area contributed by atoms with Crippen LogP contribution < -0.4 is 4.74 Å². The zero-order chi connectivity index (χ0) is 20.8. The first-order valence-corrected chi connectivity index (χ1v) is 9.30. The van der Waals surface area contributed by atoms with Gasteiger partial charge in [-0.3, -0.25) is 9.59 Å². The van der Waals surface area contributed by atoms with E-state index < -0.39 is 12.1 Å². The second-order valence-corrected chi connectivity index (χ2v) is 6.68. The van der Waals surface area contributed by atoms with Gasteiger partial charge in [-0.2, -0.15) is 4.98 Å². The normalized spacial score (nSPS) is 11.7. The number of carbonyl (C=O) groups is 2. The number of carbonyl (C=O) groups excluding carboxylic acids is 2. The predicted molar refractivity (Wildman–Crippen MR) is 106 cm³/mol. The van der Waals surface area contributed by atoms with Crippen molar-refractivity contribution in [3.8, 4) is 17.1 Å². The Morgan fingerprint density at radius 3 is 2.45 bits per heavy atom. The standard InChI is InChI=1S/C21H19ClN2O5/c1-13(20(26)14-5-9-17(27-2)10-6-14)28-19(25)12-11-18-23-21(24-29-18)15-3-7-16(22)8-4-15/h3-10,13H,11-12H2,1-2H3/t13-/m0/s1. The van der Waals surface area contributed by atoms with E-state index in [-0.39, 0.29) is 18.6 Å². The molecule has 0 aliphatic rings. The molecular weight excluding hydrogens is 396 g/mol. The summed E-state index contributed by atoms with van der Waals surface area (Å²) in [6, 6.07) is 13.6. The molecule has 2 aromatic carbocycles. The number of Topliss-reactive ketones (excluding diaryl/α,β-unsaturated/α-hetero) is 1. The van der Waals surface area contributed by atoms with Crippen LogP contribution in [0.5, 0.6) is 5.75 Å². The molecule has 29 heavy (non-hydrogen) atoms. The number of aryl methyl sites for hydroxylation is 1. The number of esters is 1. The third-order valence-electron chi connectivity index (χ3n) is 4.17. The molecule has 0 spiro atoms. The highest BCUT2D eigenvalue weighted by Gasteiger charge is 2.20. The molecule has 3 rings (SSSR count). The average Bonchev–Trinajstić information content (AvgIpc) is 3.21. The summed E-state index contributed by atoms with van der Waals surface area (Å²) in [7, 11) is 1.54. The van der Waals surface area contributed by atoms with Gasteiger partial charge >= 0.3 is 5.97 Å². The molecule has 0 amide bonds. The minimum absolute atomic E-state index is 0.0164. The first-order chi connectivity index (χ1) is 14.0. The van der Waals surface area contributed by atoms with Crippen molar-refractivity contribution in [2.45, 2.75) is 25.9 Å². The zero-order valence-electron chi connectivity index (χ0n) is 15.9. The summed E-state index contributed by atoms with van der Waals surface area (Å²) >= 11 is 5.86. The lowest BCUT2D eigenvalue weighted by atomic mass is 10.1. The van der Waals surface area contributed by atoms with Crippen LogP contribution in [-0.2, 0) is 16.0 Å². The largest absolute Gasteiger partial charge is 0.497 e. The van der Waals surface area contributed by atoms with Gasteiger partial charge in [-0.1, -0.05) is 16.8 Å². The van der Waals surface area contributed by atoms with Crippen LogP contribution in [0.15, 0.2) is 53.1 Å². The van der Waals surface area contributed by atoms with Crippen molar-refractivity contribution in [3.63, 3.8) is 0 Å². The van der Waals surface area contributed by atoms with Crippen LogP contribution in [-0.4, -0.2) is 35.1 Å². The molecule has 0 aliphatic carbocycles. The highest BCUT2D eigenvalue weighted by atomic mass is 35.5. The van der Waals surface area contributed by atoms with Crippen LogP contribution in [0.2, 0.25) is 5.02 Å². The van der Waals surface area contributed by atoms with E-state index in [2.05, 4.69) is 10.1 Å². The van der Waals surface area contributed by atoms with Crippen molar-refractivity contribution >= 4 is 23.4 Å². The fraction of sp³-hybridized carbons (Fsp3) is 0.238. The highest BCUT2D eigenvalue weighted by molar-refractivity contribution is 6.30. The summed E-state index contributed by atoms with van der Waals surface area (Å²) in [5.74, 6) is 0.548. The monoisotopic (exact) mass is 414 g/mol. The Kier molecular flexibility index (Phi) is 6.61. The second kappa shape index (κ2) is 9.34. The number of methoxy groups -OCH3 is 1. The molecule has 0 saturated heterocycles. The lowest BCUT2D eigenvalue weighted by Crippen LogP contribution is -2.24. The molecule has 1 atom stereocenters. The summed E-state index contributed by atoms with van der Waals surface area (Å²) in [4.78, 5) is 28.7. The van der Waals surface area contributed by atoms with E-state index in [9.17, 15) is 9.59 Å². The Balaban J connectivity index is 1.51. The first kappa shape index (κ1) is 20.5. The molecule has 0 N–H and O–H groups in total. The zero-order valence-corrected chi connectivity index (χ0v) is 16.7. The maximum absolute atomic E-state index is 12.4. The highest BCUT2D eigenvalue weighted by Crippen LogP contribution is 2.19. The van der Waals surface area contributed by atoms with Crippen molar-refractivity contribution in [1.82, 2.24) is 10.1 Å². The van der Waals surface area contributed by atoms with E-state index in [4.69, 9.17) is 25.6 Å². The fourth-order valence-electron chi connectivity index (χ4n) is 2.58. The molecular formula is C21H19ClN2O5. The lowest BCUT2D eigenvalue weighted by Gasteiger charge is -2.12. The number of ether oxygens (including phenoxy) is 2. The van der Waals surface area contributed by atoms with Crippen molar-refractivity contribution in [1.29, 1.82) is 0 Å². The molecule has 1 heterocycles. The van der Waals surface area contributed by atoms with Crippen LogP contribution in [0.4, 0.5) is 0 Å². The molecule has 150 valence electrons. The van der Waals surface area contributed by atoms with Gasteiger partial charge in [-0.15, -0.1) is 0 Å². The summed E-state index contributed by atoms with van der Waals surface area (Å²) in [5, 5.41) is 4.50. The summed E-state index contributed by atoms with van der Waals surface area (Å²) in [6.45, 7) is 1.54. The summed E-state index contributed by atoms with van der Waals surface area (Å²) in [5.41, 5.74) is 1.20. The van der Waals surface area contributed by atoms with Crippen molar-refractivity contribution in [2.24, 2.45) is 0 Å². The topological polar surface area (TPSA) is 91.5 Å². The Morgan fingerprint density at radius 1 is 1.10 bits per heavy atom. The minimum atomic E-state index is -0.900. The fourth-order valence-corrected chi connectivity index (χ4v) is 2.71. The molecule has 0 saturated carbocycles. The quantitative estimate of drug-likeness (QED) is 0.404. The maximum Gasteiger partial charge on any atom is 0.307 e. The van der Waals surface area contributed by atoms with E-state index in [0.29, 0.717) is 28.1 Å².